The van der Waals surface area contributed by atoms with Crippen LogP contribution < -0.4 is 11.3 Å². The molecule has 1 aromatic heterocycles. The van der Waals surface area contributed by atoms with Gasteiger partial charge in [-0.25, -0.2) is 8.42 Å². The minimum atomic E-state index is -3.61. The minimum absolute atomic E-state index is 0.0796. The van der Waals surface area contributed by atoms with Crippen LogP contribution in [0.5, 0.6) is 0 Å². The molecule has 0 saturated carbocycles. The van der Waals surface area contributed by atoms with Crippen LogP contribution in [0.25, 0.3) is 10.8 Å². The van der Waals surface area contributed by atoms with Crippen LogP contribution in [0.4, 0.5) is 0 Å². The van der Waals surface area contributed by atoms with Gasteiger partial charge in [-0.05, 0) is 43.9 Å². The summed E-state index contributed by atoms with van der Waals surface area (Å²) in [7, 11) is -3.61. The van der Waals surface area contributed by atoms with Crippen molar-refractivity contribution >= 4 is 20.8 Å². The van der Waals surface area contributed by atoms with Crippen molar-refractivity contribution < 1.29 is 8.42 Å². The van der Waals surface area contributed by atoms with Gasteiger partial charge in [0.25, 0.3) is 5.56 Å². The lowest BCUT2D eigenvalue weighted by Gasteiger charge is -2.33. The zero-order valence-electron chi connectivity index (χ0n) is 13.0. The predicted octanol–water partition coefficient (Wildman–Crippen LogP) is 1.28. The normalized spacial score (nSPS) is 19.0. The first kappa shape index (κ1) is 16.2. The Hall–Kier alpha value is -1.70. The molecule has 2 aromatic rings. The predicted molar refractivity (Wildman–Crippen MR) is 89.7 cm³/mol. The number of pyridine rings is 1. The molecule has 6 nitrogen and oxygen atoms in total. The fraction of sp³-hybridized carbons (Fsp3) is 0.438. The number of nitrogens with one attached hydrogen (secondary N) is 1. The van der Waals surface area contributed by atoms with Crippen LogP contribution in [-0.2, 0) is 10.0 Å². The van der Waals surface area contributed by atoms with Gasteiger partial charge in [0.1, 0.15) is 0 Å². The van der Waals surface area contributed by atoms with Gasteiger partial charge in [-0.2, -0.15) is 4.31 Å². The number of hydrogen-bond donors (Lipinski definition) is 2. The summed E-state index contributed by atoms with van der Waals surface area (Å²) < 4.78 is 27.4. The Morgan fingerprint density at radius 3 is 2.57 bits per heavy atom. The fourth-order valence-corrected chi connectivity index (χ4v) is 4.87. The van der Waals surface area contributed by atoms with E-state index in [-0.39, 0.29) is 16.5 Å². The lowest BCUT2D eigenvalue weighted by molar-refractivity contribution is 0.251. The maximum Gasteiger partial charge on any atom is 0.255 e. The van der Waals surface area contributed by atoms with Gasteiger partial charge in [0, 0.05) is 36.1 Å². The standard InChI is InChI=1S/C16H21N3O3S/c1-11(17)12-6-9-19(10-7-12)23(21,22)15-4-2-3-14-13(15)5-8-18-16(14)20/h2-5,8,11-12H,6-7,9-10,17H2,1H3,(H,18,20)/t11-/m1/s1. The zero-order chi connectivity index (χ0) is 16.6. The molecule has 7 heteroatoms. The summed E-state index contributed by atoms with van der Waals surface area (Å²) in [5.41, 5.74) is 5.64. The monoisotopic (exact) mass is 335 g/mol. The molecule has 0 radical (unpaired) electrons. The molecule has 23 heavy (non-hydrogen) atoms. The molecule has 1 aliphatic heterocycles. The first-order chi connectivity index (χ1) is 10.9. The quantitative estimate of drug-likeness (QED) is 0.883. The van der Waals surface area contributed by atoms with E-state index < -0.39 is 10.0 Å². The van der Waals surface area contributed by atoms with Crippen LogP contribution in [0.2, 0.25) is 0 Å². The maximum atomic E-state index is 13.0. The minimum Gasteiger partial charge on any atom is -0.329 e. The highest BCUT2D eigenvalue weighted by atomic mass is 32.2. The van der Waals surface area contributed by atoms with E-state index in [1.54, 1.807) is 24.3 Å². The topological polar surface area (TPSA) is 96.3 Å². The van der Waals surface area contributed by atoms with Crippen LogP contribution in [0.3, 0.4) is 0 Å². The van der Waals surface area contributed by atoms with Crippen molar-refractivity contribution in [2.75, 3.05) is 13.1 Å². The van der Waals surface area contributed by atoms with Crippen LogP contribution in [-0.4, -0.2) is 36.8 Å². The number of aromatic nitrogens is 1. The summed E-state index contributed by atoms with van der Waals surface area (Å²) in [6.07, 6.45) is 3.01. The highest BCUT2D eigenvalue weighted by Gasteiger charge is 2.31. The molecule has 3 N–H and O–H groups in total. The average molecular weight is 335 g/mol. The summed E-state index contributed by atoms with van der Waals surface area (Å²) >= 11 is 0. The SMILES string of the molecule is C[C@@H](N)C1CCN(S(=O)(=O)c2cccc3c(=O)[nH]ccc23)CC1. The number of piperidine rings is 1. The largest absolute Gasteiger partial charge is 0.329 e. The Kier molecular flexibility index (Phi) is 4.27. The number of rotatable bonds is 3. The third-order valence-corrected chi connectivity index (χ3v) is 6.59. The van der Waals surface area contributed by atoms with Crippen molar-refractivity contribution in [3.8, 4) is 0 Å². The maximum absolute atomic E-state index is 13.0. The van der Waals surface area contributed by atoms with Crippen molar-refractivity contribution in [1.82, 2.24) is 9.29 Å². The van der Waals surface area contributed by atoms with E-state index >= 15 is 0 Å². The molecule has 124 valence electrons. The average Bonchev–Trinajstić information content (AvgIpc) is 2.55. The van der Waals surface area contributed by atoms with Gasteiger partial charge in [-0.15, -0.1) is 0 Å². The molecule has 2 heterocycles. The molecule has 0 bridgehead atoms. The smallest absolute Gasteiger partial charge is 0.255 e. The number of sulfonamides is 1. The van der Waals surface area contributed by atoms with Gasteiger partial charge < -0.3 is 10.7 Å². The van der Waals surface area contributed by atoms with Gasteiger partial charge in [0.2, 0.25) is 10.0 Å². The number of H-pyrrole nitrogens is 1. The number of nitrogens with zero attached hydrogens (tertiary/aromatic N) is 1. The number of aromatic amines is 1. The molecule has 1 fully saturated rings. The second-order valence-electron chi connectivity index (χ2n) is 6.12. The van der Waals surface area contributed by atoms with E-state index in [1.165, 1.54) is 10.5 Å². The lowest BCUT2D eigenvalue weighted by atomic mass is 9.92. The van der Waals surface area contributed by atoms with Gasteiger partial charge in [0.05, 0.1) is 4.90 Å². The first-order valence-corrected chi connectivity index (χ1v) is 9.21. The van der Waals surface area contributed by atoms with E-state index in [0.717, 1.165) is 12.8 Å². The van der Waals surface area contributed by atoms with E-state index in [9.17, 15) is 13.2 Å². The molecular weight excluding hydrogens is 314 g/mol. The molecular formula is C16H21N3O3S. The van der Waals surface area contributed by atoms with E-state index in [4.69, 9.17) is 5.73 Å². The molecule has 1 atom stereocenters. The molecule has 0 spiro atoms. The van der Waals surface area contributed by atoms with Crippen LogP contribution in [0.15, 0.2) is 40.2 Å². The highest BCUT2D eigenvalue weighted by Crippen LogP contribution is 2.28. The van der Waals surface area contributed by atoms with E-state index in [1.807, 2.05) is 6.92 Å². The van der Waals surface area contributed by atoms with Gasteiger partial charge in [-0.1, -0.05) is 6.07 Å². The van der Waals surface area contributed by atoms with Crippen molar-refractivity contribution in [1.29, 1.82) is 0 Å². The molecule has 1 aromatic carbocycles. The summed E-state index contributed by atoms with van der Waals surface area (Å²) in [6.45, 7) is 2.90. The van der Waals surface area contributed by atoms with Gasteiger partial charge >= 0.3 is 0 Å². The van der Waals surface area contributed by atoms with Crippen molar-refractivity contribution in [3.63, 3.8) is 0 Å². The molecule has 0 unspecified atom stereocenters. The Morgan fingerprint density at radius 1 is 1.22 bits per heavy atom. The molecule has 0 aliphatic carbocycles. The number of benzene rings is 1. The van der Waals surface area contributed by atoms with Crippen molar-refractivity contribution in [3.05, 3.63) is 40.8 Å². The van der Waals surface area contributed by atoms with E-state index in [2.05, 4.69) is 4.98 Å². The zero-order valence-corrected chi connectivity index (χ0v) is 13.8. The second-order valence-corrected chi connectivity index (χ2v) is 8.03. The van der Waals surface area contributed by atoms with Gasteiger partial charge in [-0.3, -0.25) is 4.79 Å². The summed E-state index contributed by atoms with van der Waals surface area (Å²) in [4.78, 5) is 14.6. The van der Waals surface area contributed by atoms with Crippen molar-refractivity contribution in [2.24, 2.45) is 11.7 Å². The van der Waals surface area contributed by atoms with Crippen LogP contribution >= 0.6 is 0 Å². The Balaban J connectivity index is 1.98. The van der Waals surface area contributed by atoms with Crippen LogP contribution in [0, 0.1) is 5.92 Å². The number of hydrogen-bond acceptors (Lipinski definition) is 4. The number of fused-ring (bicyclic) bond motifs is 1. The molecule has 1 saturated heterocycles. The van der Waals surface area contributed by atoms with Crippen LogP contribution in [0.1, 0.15) is 19.8 Å². The molecule has 3 rings (SSSR count). The third-order valence-electron chi connectivity index (χ3n) is 4.64. The van der Waals surface area contributed by atoms with E-state index in [0.29, 0.717) is 29.8 Å². The number of nitrogens with two attached hydrogens (primary N) is 1. The van der Waals surface area contributed by atoms with Gasteiger partial charge in [0.15, 0.2) is 0 Å². The second kappa shape index (κ2) is 6.07. The van der Waals surface area contributed by atoms with Crippen molar-refractivity contribution in [2.45, 2.75) is 30.7 Å². The Labute approximate surface area is 135 Å². The highest BCUT2D eigenvalue weighted by molar-refractivity contribution is 7.89. The summed E-state index contributed by atoms with van der Waals surface area (Å²) in [5, 5.41) is 0.851. The Morgan fingerprint density at radius 2 is 1.91 bits per heavy atom. The fourth-order valence-electron chi connectivity index (χ4n) is 3.20. The lowest BCUT2D eigenvalue weighted by Crippen LogP contribution is -2.42. The Bertz CT molecular complexity index is 866. The summed E-state index contributed by atoms with van der Waals surface area (Å²) in [6, 6.07) is 6.53. The molecule has 0 amide bonds. The third kappa shape index (κ3) is 2.91. The molecule has 1 aliphatic rings. The first-order valence-electron chi connectivity index (χ1n) is 7.77. The summed E-state index contributed by atoms with van der Waals surface area (Å²) in [5.74, 6) is 0.358.